The van der Waals surface area contributed by atoms with Crippen molar-refractivity contribution < 1.29 is 0 Å². The molecule has 106 valence electrons. The molecular formula is C17H16BrN3. The number of nitrogens with one attached hydrogen (secondary N) is 1. The van der Waals surface area contributed by atoms with E-state index in [1.54, 1.807) is 0 Å². The van der Waals surface area contributed by atoms with Crippen molar-refractivity contribution in [2.24, 2.45) is 0 Å². The number of aromatic nitrogens is 2. The van der Waals surface area contributed by atoms with Crippen molar-refractivity contribution in [1.29, 1.82) is 0 Å². The molecule has 0 amide bonds. The zero-order chi connectivity index (χ0) is 14.8. The van der Waals surface area contributed by atoms with Gasteiger partial charge in [0.1, 0.15) is 0 Å². The molecule has 21 heavy (non-hydrogen) atoms. The molecule has 0 bridgehead atoms. The molecule has 0 saturated carbocycles. The lowest BCUT2D eigenvalue weighted by Crippen LogP contribution is -2.05. The van der Waals surface area contributed by atoms with Crippen molar-refractivity contribution in [3.63, 3.8) is 0 Å². The van der Waals surface area contributed by atoms with Crippen LogP contribution >= 0.6 is 15.9 Å². The van der Waals surface area contributed by atoms with E-state index in [9.17, 15) is 0 Å². The number of fused-ring (bicyclic) bond motifs is 1. The van der Waals surface area contributed by atoms with Crippen LogP contribution in [0.1, 0.15) is 5.69 Å². The monoisotopic (exact) mass is 341 g/mol. The Hall–Kier alpha value is -2.07. The fourth-order valence-electron chi connectivity index (χ4n) is 2.34. The van der Waals surface area contributed by atoms with Crippen molar-refractivity contribution in [3.05, 3.63) is 65.4 Å². The first-order valence-corrected chi connectivity index (χ1v) is 7.57. The SMILES string of the molecule is C=CCNc1nc(C)cn1-c1ccc2cc(Br)ccc2c1. The van der Waals surface area contributed by atoms with E-state index in [4.69, 9.17) is 0 Å². The lowest BCUT2D eigenvalue weighted by Gasteiger charge is -2.09. The third-order valence-corrected chi connectivity index (χ3v) is 3.79. The van der Waals surface area contributed by atoms with Gasteiger partial charge in [0, 0.05) is 22.9 Å². The molecule has 0 aliphatic heterocycles. The van der Waals surface area contributed by atoms with Crippen molar-refractivity contribution in [3.8, 4) is 5.69 Å². The maximum Gasteiger partial charge on any atom is 0.207 e. The van der Waals surface area contributed by atoms with Gasteiger partial charge in [-0.15, -0.1) is 6.58 Å². The molecule has 0 aliphatic rings. The number of benzene rings is 2. The molecule has 0 spiro atoms. The first-order chi connectivity index (χ1) is 10.2. The number of imidazole rings is 1. The lowest BCUT2D eigenvalue weighted by atomic mass is 10.1. The summed E-state index contributed by atoms with van der Waals surface area (Å²) < 4.78 is 3.16. The highest BCUT2D eigenvalue weighted by Crippen LogP contribution is 2.24. The molecule has 3 aromatic rings. The second-order valence-corrected chi connectivity index (χ2v) is 5.84. The fourth-order valence-corrected chi connectivity index (χ4v) is 2.72. The Morgan fingerprint density at radius 1 is 1.24 bits per heavy atom. The van der Waals surface area contributed by atoms with Gasteiger partial charge in [0.2, 0.25) is 5.95 Å². The summed E-state index contributed by atoms with van der Waals surface area (Å²) in [5.41, 5.74) is 2.08. The minimum absolute atomic E-state index is 0.691. The van der Waals surface area contributed by atoms with E-state index in [1.165, 1.54) is 10.8 Å². The van der Waals surface area contributed by atoms with Crippen molar-refractivity contribution in [2.45, 2.75) is 6.92 Å². The first kappa shape index (κ1) is 13.9. The summed E-state index contributed by atoms with van der Waals surface area (Å²) in [7, 11) is 0. The van der Waals surface area contributed by atoms with Crippen LogP contribution in [-0.2, 0) is 0 Å². The second kappa shape index (κ2) is 5.74. The Morgan fingerprint density at radius 2 is 2.00 bits per heavy atom. The number of rotatable bonds is 4. The average molecular weight is 342 g/mol. The van der Waals surface area contributed by atoms with Crippen LogP contribution in [-0.4, -0.2) is 16.1 Å². The van der Waals surface area contributed by atoms with E-state index in [-0.39, 0.29) is 0 Å². The van der Waals surface area contributed by atoms with E-state index >= 15 is 0 Å². The molecule has 3 rings (SSSR count). The summed E-state index contributed by atoms with van der Waals surface area (Å²) >= 11 is 3.50. The van der Waals surface area contributed by atoms with Gasteiger partial charge in [-0.2, -0.15) is 0 Å². The summed E-state index contributed by atoms with van der Waals surface area (Å²) in [5, 5.41) is 5.68. The summed E-state index contributed by atoms with van der Waals surface area (Å²) in [4.78, 5) is 4.52. The smallest absolute Gasteiger partial charge is 0.207 e. The van der Waals surface area contributed by atoms with Crippen molar-refractivity contribution in [2.75, 3.05) is 11.9 Å². The van der Waals surface area contributed by atoms with E-state index in [0.29, 0.717) is 6.54 Å². The summed E-state index contributed by atoms with van der Waals surface area (Å²) in [6, 6.07) is 12.7. The quantitative estimate of drug-likeness (QED) is 0.697. The Kier molecular flexibility index (Phi) is 3.80. The normalized spacial score (nSPS) is 10.8. The third kappa shape index (κ3) is 2.85. The number of halogens is 1. The number of aryl methyl sites for hydroxylation is 1. The fraction of sp³-hybridized carbons (Fsp3) is 0.118. The van der Waals surface area contributed by atoms with Gasteiger partial charge in [0.25, 0.3) is 0 Å². The van der Waals surface area contributed by atoms with Crippen LogP contribution in [0.25, 0.3) is 16.5 Å². The van der Waals surface area contributed by atoms with Crippen LogP contribution in [0.4, 0.5) is 5.95 Å². The Bertz CT molecular complexity index is 805. The number of hydrogen-bond acceptors (Lipinski definition) is 2. The zero-order valence-electron chi connectivity index (χ0n) is 11.8. The maximum absolute atomic E-state index is 4.52. The van der Waals surface area contributed by atoms with E-state index in [1.807, 2.05) is 19.2 Å². The molecule has 0 aliphatic carbocycles. The van der Waals surface area contributed by atoms with Crippen LogP contribution in [0.15, 0.2) is 59.7 Å². The maximum atomic E-state index is 4.52. The van der Waals surface area contributed by atoms with Crippen molar-refractivity contribution >= 4 is 32.7 Å². The highest BCUT2D eigenvalue weighted by atomic mass is 79.9. The van der Waals surface area contributed by atoms with Gasteiger partial charge >= 0.3 is 0 Å². The average Bonchev–Trinajstić information content (AvgIpc) is 2.85. The predicted molar refractivity (Wildman–Crippen MR) is 92.2 cm³/mol. The molecule has 0 atom stereocenters. The van der Waals surface area contributed by atoms with Crippen LogP contribution in [0, 0.1) is 6.92 Å². The molecule has 3 nitrogen and oxygen atoms in total. The Balaban J connectivity index is 2.07. The predicted octanol–water partition coefficient (Wildman–Crippen LogP) is 4.69. The standard InChI is InChI=1S/C17H16BrN3/c1-3-8-19-17-20-12(2)11-21(17)16-7-5-13-9-15(18)6-4-14(13)10-16/h3-7,9-11H,1,8H2,2H3,(H,19,20). The Morgan fingerprint density at radius 3 is 2.81 bits per heavy atom. The lowest BCUT2D eigenvalue weighted by molar-refractivity contribution is 1.04. The number of anilines is 1. The van der Waals surface area contributed by atoms with Crippen molar-refractivity contribution in [1.82, 2.24) is 9.55 Å². The zero-order valence-corrected chi connectivity index (χ0v) is 13.4. The van der Waals surface area contributed by atoms with Gasteiger partial charge in [-0.25, -0.2) is 4.98 Å². The molecule has 2 aromatic carbocycles. The third-order valence-electron chi connectivity index (χ3n) is 3.29. The van der Waals surface area contributed by atoms with Gasteiger partial charge in [0.05, 0.1) is 5.69 Å². The van der Waals surface area contributed by atoms with Crippen LogP contribution in [0.3, 0.4) is 0 Å². The molecule has 1 N–H and O–H groups in total. The molecule has 1 aromatic heterocycles. The van der Waals surface area contributed by atoms with Crippen LogP contribution < -0.4 is 5.32 Å². The molecule has 4 heteroatoms. The topological polar surface area (TPSA) is 29.9 Å². The molecule has 0 unspecified atom stereocenters. The largest absolute Gasteiger partial charge is 0.352 e. The van der Waals surface area contributed by atoms with Gasteiger partial charge < -0.3 is 5.32 Å². The van der Waals surface area contributed by atoms with Crippen LogP contribution in [0.2, 0.25) is 0 Å². The molecule has 0 saturated heterocycles. The number of nitrogens with zero attached hydrogens (tertiary/aromatic N) is 2. The first-order valence-electron chi connectivity index (χ1n) is 6.78. The summed E-state index contributed by atoms with van der Waals surface area (Å²) in [5.74, 6) is 0.837. The minimum Gasteiger partial charge on any atom is -0.352 e. The van der Waals surface area contributed by atoms with Crippen LogP contribution in [0.5, 0.6) is 0 Å². The molecule has 0 radical (unpaired) electrons. The Labute approximate surface area is 132 Å². The molecular weight excluding hydrogens is 326 g/mol. The number of hydrogen-bond donors (Lipinski definition) is 1. The molecule has 1 heterocycles. The highest BCUT2D eigenvalue weighted by molar-refractivity contribution is 9.10. The van der Waals surface area contributed by atoms with Gasteiger partial charge in [-0.3, -0.25) is 4.57 Å². The van der Waals surface area contributed by atoms with Gasteiger partial charge in [-0.05, 0) is 42.0 Å². The summed E-state index contributed by atoms with van der Waals surface area (Å²) in [6.07, 6.45) is 3.86. The highest BCUT2D eigenvalue weighted by Gasteiger charge is 2.07. The van der Waals surface area contributed by atoms with E-state index in [0.717, 1.165) is 21.8 Å². The van der Waals surface area contributed by atoms with Gasteiger partial charge in [0.15, 0.2) is 0 Å². The van der Waals surface area contributed by atoms with Gasteiger partial charge in [-0.1, -0.05) is 34.1 Å². The van der Waals surface area contributed by atoms with E-state index < -0.39 is 0 Å². The summed E-state index contributed by atoms with van der Waals surface area (Å²) in [6.45, 7) is 6.42. The second-order valence-electron chi connectivity index (χ2n) is 4.92. The van der Waals surface area contributed by atoms with E-state index in [2.05, 4.69) is 73.8 Å². The minimum atomic E-state index is 0.691. The molecule has 0 fully saturated rings.